The minimum atomic E-state index is 0.609. The molecule has 0 amide bonds. The third kappa shape index (κ3) is 8.88. The summed E-state index contributed by atoms with van der Waals surface area (Å²) in [5.41, 5.74) is 0. The molecule has 2 rings (SSSR count). The second-order valence-electron chi connectivity index (χ2n) is 7.68. The van der Waals surface area contributed by atoms with Crippen molar-refractivity contribution in [2.75, 3.05) is 45.9 Å². The van der Waals surface area contributed by atoms with Crippen LogP contribution in [0.3, 0.4) is 0 Å². The van der Waals surface area contributed by atoms with E-state index in [0.29, 0.717) is 5.92 Å². The zero-order valence-corrected chi connectivity index (χ0v) is 16.0. The van der Waals surface area contributed by atoms with Crippen LogP contribution in [-0.4, -0.2) is 62.8 Å². The van der Waals surface area contributed by atoms with Crippen LogP contribution in [0.1, 0.15) is 52.9 Å². The normalized spacial score (nSPS) is 18.5. The molecule has 24 heavy (non-hydrogen) atoms. The number of rotatable bonds is 13. The maximum atomic E-state index is 5.61. The molecule has 0 saturated heterocycles. The molecule has 0 bridgehead atoms. The minimum Gasteiger partial charge on any atom is -0.381 e. The average molecular weight is 339 g/mol. The Balaban J connectivity index is 1.59. The highest BCUT2D eigenvalue weighted by atomic mass is 16.5. The lowest BCUT2D eigenvalue weighted by atomic mass is 10.2. The molecular weight excluding hydrogens is 300 g/mol. The fourth-order valence-corrected chi connectivity index (χ4v) is 2.83. The number of hydrogen-bond acceptors (Lipinski definition) is 3. The molecule has 5 heteroatoms. The fraction of sp³-hybridized carbons (Fsp3) is 0.947. The van der Waals surface area contributed by atoms with Gasteiger partial charge in [0.15, 0.2) is 5.96 Å². The molecule has 0 aromatic rings. The van der Waals surface area contributed by atoms with Crippen molar-refractivity contribution in [2.24, 2.45) is 16.8 Å². The molecule has 2 fully saturated rings. The van der Waals surface area contributed by atoms with Crippen LogP contribution in [0.25, 0.3) is 0 Å². The summed E-state index contributed by atoms with van der Waals surface area (Å²) in [6.07, 6.45) is 6.67. The monoisotopic (exact) mass is 338 g/mol. The van der Waals surface area contributed by atoms with Crippen molar-refractivity contribution in [3.8, 4) is 0 Å². The van der Waals surface area contributed by atoms with Gasteiger partial charge in [-0.25, -0.2) is 0 Å². The van der Waals surface area contributed by atoms with Gasteiger partial charge in [0.1, 0.15) is 0 Å². The first-order valence-corrected chi connectivity index (χ1v) is 10.0. The van der Waals surface area contributed by atoms with Crippen molar-refractivity contribution in [2.45, 2.75) is 58.9 Å². The van der Waals surface area contributed by atoms with E-state index in [2.05, 4.69) is 41.3 Å². The summed E-state index contributed by atoms with van der Waals surface area (Å²) in [5.74, 6) is 2.54. The summed E-state index contributed by atoms with van der Waals surface area (Å²) in [4.78, 5) is 7.35. The molecular formula is C19H38N4O. The van der Waals surface area contributed by atoms with Crippen LogP contribution in [-0.2, 0) is 4.74 Å². The molecule has 0 aliphatic heterocycles. The van der Waals surface area contributed by atoms with Crippen LogP contribution in [0.5, 0.6) is 0 Å². The summed E-state index contributed by atoms with van der Waals surface area (Å²) in [7, 11) is 0. The molecule has 0 aromatic heterocycles. The Morgan fingerprint density at radius 1 is 1.21 bits per heavy atom. The van der Waals surface area contributed by atoms with E-state index in [9.17, 15) is 0 Å². The molecule has 2 N–H and O–H groups in total. The van der Waals surface area contributed by atoms with Gasteiger partial charge < -0.3 is 15.4 Å². The van der Waals surface area contributed by atoms with Gasteiger partial charge in [0.2, 0.25) is 0 Å². The predicted octanol–water partition coefficient (Wildman–Crippen LogP) is 2.48. The van der Waals surface area contributed by atoms with E-state index in [0.717, 1.165) is 63.7 Å². The summed E-state index contributed by atoms with van der Waals surface area (Å²) in [6, 6.07) is 0.866. The van der Waals surface area contributed by atoms with E-state index >= 15 is 0 Å². The Kier molecular flexibility index (Phi) is 8.89. The van der Waals surface area contributed by atoms with Crippen molar-refractivity contribution >= 4 is 5.96 Å². The van der Waals surface area contributed by atoms with Gasteiger partial charge in [0.05, 0.1) is 0 Å². The zero-order valence-electron chi connectivity index (χ0n) is 16.0. The van der Waals surface area contributed by atoms with Crippen LogP contribution in [0.15, 0.2) is 4.99 Å². The Hall–Kier alpha value is -0.810. The maximum Gasteiger partial charge on any atom is 0.191 e. The number of aliphatic imine (C=N–C) groups is 1. The summed E-state index contributed by atoms with van der Waals surface area (Å²) >= 11 is 0. The van der Waals surface area contributed by atoms with E-state index in [1.807, 2.05) is 0 Å². The topological polar surface area (TPSA) is 48.9 Å². The van der Waals surface area contributed by atoms with Crippen LogP contribution in [0.4, 0.5) is 0 Å². The van der Waals surface area contributed by atoms with Gasteiger partial charge in [-0.2, -0.15) is 0 Å². The van der Waals surface area contributed by atoms with Gasteiger partial charge in [-0.3, -0.25) is 9.89 Å². The van der Waals surface area contributed by atoms with Crippen molar-refractivity contribution in [3.05, 3.63) is 0 Å². The van der Waals surface area contributed by atoms with Gasteiger partial charge in [0.25, 0.3) is 0 Å². The van der Waals surface area contributed by atoms with E-state index in [-0.39, 0.29) is 0 Å². The first kappa shape index (κ1) is 19.5. The number of guanidine groups is 1. The van der Waals surface area contributed by atoms with Gasteiger partial charge in [-0.1, -0.05) is 13.8 Å². The van der Waals surface area contributed by atoms with Crippen LogP contribution >= 0.6 is 0 Å². The third-order valence-corrected chi connectivity index (χ3v) is 4.46. The molecule has 0 unspecified atom stereocenters. The molecule has 2 aliphatic rings. The zero-order chi connectivity index (χ0) is 17.2. The molecule has 0 heterocycles. The highest BCUT2D eigenvalue weighted by molar-refractivity contribution is 5.79. The van der Waals surface area contributed by atoms with Crippen LogP contribution in [0, 0.1) is 11.8 Å². The summed E-state index contributed by atoms with van der Waals surface area (Å²) in [5, 5.41) is 6.84. The van der Waals surface area contributed by atoms with E-state index in [1.165, 1.54) is 32.2 Å². The standard InChI is InChI=1S/C19H38N4O/c1-4-20-19(21-10-5-13-24-15-16(2)3)22-11-12-23(18-8-9-18)14-17-6-7-17/h16-18H,4-15H2,1-3H3,(H2,20,21,22). The predicted molar refractivity (Wildman–Crippen MR) is 102 cm³/mol. The Labute approximate surface area is 148 Å². The molecule has 2 saturated carbocycles. The molecule has 0 spiro atoms. The quantitative estimate of drug-likeness (QED) is 0.308. The maximum absolute atomic E-state index is 5.61. The second-order valence-corrected chi connectivity index (χ2v) is 7.68. The molecule has 0 atom stereocenters. The molecule has 140 valence electrons. The van der Waals surface area contributed by atoms with E-state index < -0.39 is 0 Å². The molecule has 0 aromatic carbocycles. The first-order valence-electron chi connectivity index (χ1n) is 10.0. The van der Waals surface area contributed by atoms with Crippen molar-refractivity contribution < 1.29 is 4.74 Å². The summed E-state index contributed by atoms with van der Waals surface area (Å²) < 4.78 is 5.61. The third-order valence-electron chi connectivity index (χ3n) is 4.46. The van der Waals surface area contributed by atoms with Gasteiger partial charge >= 0.3 is 0 Å². The van der Waals surface area contributed by atoms with Crippen molar-refractivity contribution in [1.82, 2.24) is 15.5 Å². The largest absolute Gasteiger partial charge is 0.381 e. The van der Waals surface area contributed by atoms with Gasteiger partial charge in [-0.05, 0) is 50.9 Å². The van der Waals surface area contributed by atoms with Crippen LogP contribution in [0.2, 0.25) is 0 Å². The Morgan fingerprint density at radius 3 is 2.62 bits per heavy atom. The molecule has 2 aliphatic carbocycles. The lowest BCUT2D eigenvalue weighted by molar-refractivity contribution is 0.109. The second kappa shape index (κ2) is 10.9. The fourth-order valence-electron chi connectivity index (χ4n) is 2.83. The number of nitrogens with zero attached hydrogens (tertiary/aromatic N) is 2. The highest BCUT2D eigenvalue weighted by Crippen LogP contribution is 2.34. The SMILES string of the molecule is CCNC(=NCCCOCC(C)C)NCCN(CC1CC1)C1CC1. The Morgan fingerprint density at radius 2 is 2.00 bits per heavy atom. The molecule has 0 radical (unpaired) electrons. The van der Waals surface area contributed by atoms with Crippen LogP contribution < -0.4 is 10.6 Å². The number of hydrogen-bond donors (Lipinski definition) is 2. The molecule has 5 nitrogen and oxygen atoms in total. The van der Waals surface area contributed by atoms with E-state index in [4.69, 9.17) is 4.74 Å². The highest BCUT2D eigenvalue weighted by Gasteiger charge is 2.33. The summed E-state index contributed by atoms with van der Waals surface area (Å²) in [6.45, 7) is 13.3. The van der Waals surface area contributed by atoms with Gasteiger partial charge in [0, 0.05) is 52.0 Å². The number of ether oxygens (including phenoxy) is 1. The van der Waals surface area contributed by atoms with E-state index in [1.54, 1.807) is 0 Å². The number of nitrogens with one attached hydrogen (secondary N) is 2. The lowest BCUT2D eigenvalue weighted by Gasteiger charge is -2.22. The lowest BCUT2D eigenvalue weighted by Crippen LogP contribution is -2.42. The first-order chi connectivity index (χ1) is 11.7. The van der Waals surface area contributed by atoms with Crippen molar-refractivity contribution in [3.63, 3.8) is 0 Å². The van der Waals surface area contributed by atoms with Gasteiger partial charge in [-0.15, -0.1) is 0 Å². The average Bonchev–Trinajstić information content (AvgIpc) is 3.43. The van der Waals surface area contributed by atoms with Crippen molar-refractivity contribution in [1.29, 1.82) is 0 Å². The minimum absolute atomic E-state index is 0.609. The smallest absolute Gasteiger partial charge is 0.191 e. The Bertz CT molecular complexity index is 364.